The molecule has 0 spiro atoms. The SMILES string of the molecule is CC(CN)N(C)S(=O)(=O)c1cn(C)c(=O)n(C)c1=O.Cl. The van der Waals surface area contributed by atoms with Crippen molar-refractivity contribution in [3.63, 3.8) is 0 Å². The number of hydrogen-bond acceptors (Lipinski definition) is 5. The topological polar surface area (TPSA) is 107 Å². The fourth-order valence-electron chi connectivity index (χ4n) is 1.49. The highest BCUT2D eigenvalue weighted by Gasteiger charge is 2.28. The molecule has 1 unspecified atom stereocenters. The van der Waals surface area contributed by atoms with Gasteiger partial charge in [0.05, 0.1) is 0 Å². The fourth-order valence-corrected chi connectivity index (χ4v) is 3.01. The second-order valence-corrected chi connectivity index (χ2v) is 6.32. The average Bonchev–Trinajstić information content (AvgIpc) is 2.38. The summed E-state index contributed by atoms with van der Waals surface area (Å²) in [6, 6.07) is -0.452. The number of likely N-dealkylation sites (N-methyl/N-ethyl adjacent to an activating group) is 1. The van der Waals surface area contributed by atoms with Gasteiger partial charge in [0.15, 0.2) is 4.90 Å². The summed E-state index contributed by atoms with van der Waals surface area (Å²) >= 11 is 0. The van der Waals surface area contributed by atoms with Crippen LogP contribution in [-0.4, -0.2) is 41.5 Å². The van der Waals surface area contributed by atoms with Crippen molar-refractivity contribution in [3.05, 3.63) is 27.0 Å². The quantitative estimate of drug-likeness (QED) is 0.722. The first kappa shape index (κ1) is 18.8. The highest BCUT2D eigenvalue weighted by molar-refractivity contribution is 7.89. The molecule has 1 atom stereocenters. The normalized spacial score (nSPS) is 13.1. The highest BCUT2D eigenvalue weighted by Crippen LogP contribution is 2.11. The molecule has 0 radical (unpaired) electrons. The molecule has 0 fully saturated rings. The van der Waals surface area contributed by atoms with Crippen molar-refractivity contribution in [2.24, 2.45) is 19.8 Å². The van der Waals surface area contributed by atoms with E-state index in [1.165, 1.54) is 21.1 Å². The maximum absolute atomic E-state index is 12.3. The lowest BCUT2D eigenvalue weighted by molar-refractivity contribution is 0.392. The lowest BCUT2D eigenvalue weighted by atomic mass is 10.4. The highest BCUT2D eigenvalue weighted by atomic mass is 35.5. The van der Waals surface area contributed by atoms with Gasteiger partial charge >= 0.3 is 5.69 Å². The van der Waals surface area contributed by atoms with Gasteiger partial charge in [-0.3, -0.25) is 9.36 Å². The Balaban J connectivity index is 0.00000361. The Morgan fingerprint density at radius 3 is 2.30 bits per heavy atom. The molecule has 0 saturated heterocycles. The zero-order valence-electron chi connectivity index (χ0n) is 11.7. The Bertz CT molecular complexity index is 694. The number of sulfonamides is 1. The molecule has 8 nitrogen and oxygen atoms in total. The number of rotatable bonds is 4. The molecular weight excluding hydrogens is 308 g/mol. The van der Waals surface area contributed by atoms with Gasteiger partial charge in [0.2, 0.25) is 10.0 Å². The first-order valence-corrected chi connectivity index (χ1v) is 7.03. The summed E-state index contributed by atoms with van der Waals surface area (Å²) in [7, 11) is -0.0235. The summed E-state index contributed by atoms with van der Waals surface area (Å²) in [5.41, 5.74) is 3.99. The molecule has 0 aliphatic heterocycles. The van der Waals surface area contributed by atoms with Crippen LogP contribution in [-0.2, 0) is 24.1 Å². The van der Waals surface area contributed by atoms with Gasteiger partial charge in [-0.15, -0.1) is 12.4 Å². The molecule has 1 aromatic heterocycles. The van der Waals surface area contributed by atoms with Crippen LogP contribution in [0.25, 0.3) is 0 Å². The monoisotopic (exact) mass is 326 g/mol. The minimum Gasteiger partial charge on any atom is -0.329 e. The predicted molar refractivity (Wildman–Crippen MR) is 77.6 cm³/mol. The Labute approximate surface area is 123 Å². The van der Waals surface area contributed by atoms with E-state index in [0.717, 1.165) is 19.6 Å². The molecule has 2 N–H and O–H groups in total. The smallest absolute Gasteiger partial charge is 0.329 e. The molecule has 0 aliphatic carbocycles. The molecule has 0 amide bonds. The van der Waals surface area contributed by atoms with E-state index in [1.54, 1.807) is 6.92 Å². The van der Waals surface area contributed by atoms with Crippen molar-refractivity contribution < 1.29 is 8.42 Å². The molecule has 1 heterocycles. The molecule has 1 rings (SSSR count). The third kappa shape index (κ3) is 3.11. The van der Waals surface area contributed by atoms with Gasteiger partial charge in [-0.1, -0.05) is 0 Å². The van der Waals surface area contributed by atoms with Crippen LogP contribution < -0.4 is 17.0 Å². The van der Waals surface area contributed by atoms with Crippen molar-refractivity contribution in [2.45, 2.75) is 17.9 Å². The zero-order chi connectivity index (χ0) is 15.0. The first-order valence-electron chi connectivity index (χ1n) is 5.59. The van der Waals surface area contributed by atoms with Gasteiger partial charge in [0, 0.05) is 39.9 Å². The number of nitrogens with zero attached hydrogens (tertiary/aromatic N) is 3. The number of nitrogens with two attached hydrogens (primary N) is 1. The van der Waals surface area contributed by atoms with Crippen LogP contribution in [0.15, 0.2) is 20.7 Å². The Kier molecular flexibility index (Phi) is 6.15. The van der Waals surface area contributed by atoms with Crippen LogP contribution in [0.3, 0.4) is 0 Å². The van der Waals surface area contributed by atoms with Gasteiger partial charge in [-0.2, -0.15) is 4.31 Å². The lowest BCUT2D eigenvalue weighted by Gasteiger charge is -2.22. The summed E-state index contributed by atoms with van der Waals surface area (Å²) in [5.74, 6) is 0. The number of aryl methyl sites for hydroxylation is 1. The summed E-state index contributed by atoms with van der Waals surface area (Å²) < 4.78 is 27.5. The minimum absolute atomic E-state index is 0. The number of hydrogen-bond donors (Lipinski definition) is 1. The molecular formula is C10H19ClN4O4S. The van der Waals surface area contributed by atoms with E-state index in [0.29, 0.717) is 0 Å². The summed E-state index contributed by atoms with van der Waals surface area (Å²) in [6.45, 7) is 1.76. The predicted octanol–water partition coefficient (Wildman–Crippen LogP) is -1.53. The van der Waals surface area contributed by atoms with E-state index in [2.05, 4.69) is 0 Å². The molecule has 10 heteroatoms. The Hall–Kier alpha value is -1.16. The van der Waals surface area contributed by atoms with Gasteiger partial charge in [0.25, 0.3) is 5.56 Å². The van der Waals surface area contributed by atoms with Crippen molar-refractivity contribution >= 4 is 22.4 Å². The molecule has 0 saturated carbocycles. The number of aromatic nitrogens is 2. The van der Waals surface area contributed by atoms with Crippen molar-refractivity contribution in [3.8, 4) is 0 Å². The van der Waals surface area contributed by atoms with Crippen molar-refractivity contribution in [1.82, 2.24) is 13.4 Å². The Morgan fingerprint density at radius 2 is 1.85 bits per heavy atom. The zero-order valence-corrected chi connectivity index (χ0v) is 13.4. The second-order valence-electron chi connectivity index (χ2n) is 4.36. The van der Waals surface area contributed by atoms with Crippen molar-refractivity contribution in [2.75, 3.05) is 13.6 Å². The van der Waals surface area contributed by atoms with E-state index in [4.69, 9.17) is 5.73 Å². The van der Waals surface area contributed by atoms with Crippen LogP contribution in [0.4, 0.5) is 0 Å². The summed E-state index contributed by atoms with van der Waals surface area (Å²) in [4.78, 5) is 23.0. The summed E-state index contributed by atoms with van der Waals surface area (Å²) in [5, 5.41) is 0. The molecule has 0 aliphatic rings. The van der Waals surface area contributed by atoms with Crippen molar-refractivity contribution in [1.29, 1.82) is 0 Å². The second kappa shape index (κ2) is 6.53. The minimum atomic E-state index is -3.98. The van der Waals surface area contributed by atoms with Gasteiger partial charge in [-0.05, 0) is 6.92 Å². The first-order chi connectivity index (χ1) is 8.64. The molecule has 0 bridgehead atoms. The largest absolute Gasteiger partial charge is 0.330 e. The van der Waals surface area contributed by atoms with Crippen LogP contribution in [0.2, 0.25) is 0 Å². The third-order valence-corrected chi connectivity index (χ3v) is 4.99. The molecule has 20 heavy (non-hydrogen) atoms. The molecule has 116 valence electrons. The maximum atomic E-state index is 12.3. The summed E-state index contributed by atoms with van der Waals surface area (Å²) in [6.07, 6.45) is 1.03. The lowest BCUT2D eigenvalue weighted by Crippen LogP contribution is -2.45. The third-order valence-electron chi connectivity index (χ3n) is 3.03. The van der Waals surface area contributed by atoms with Crippen LogP contribution in [0.5, 0.6) is 0 Å². The number of halogens is 1. The van der Waals surface area contributed by atoms with Crippen LogP contribution in [0.1, 0.15) is 6.92 Å². The van der Waals surface area contributed by atoms with Crippen LogP contribution in [0, 0.1) is 0 Å². The average molecular weight is 327 g/mol. The molecule has 0 aromatic carbocycles. The van der Waals surface area contributed by atoms with E-state index in [1.807, 2.05) is 0 Å². The van der Waals surface area contributed by atoms with Crippen LogP contribution >= 0.6 is 12.4 Å². The van der Waals surface area contributed by atoms with Gasteiger partial charge in [0.1, 0.15) is 0 Å². The van der Waals surface area contributed by atoms with Gasteiger partial charge in [-0.25, -0.2) is 13.2 Å². The Morgan fingerprint density at radius 1 is 1.35 bits per heavy atom. The fraction of sp³-hybridized carbons (Fsp3) is 0.600. The van der Waals surface area contributed by atoms with E-state index in [9.17, 15) is 18.0 Å². The van der Waals surface area contributed by atoms with E-state index < -0.39 is 32.2 Å². The van der Waals surface area contributed by atoms with E-state index >= 15 is 0 Å². The van der Waals surface area contributed by atoms with Gasteiger partial charge < -0.3 is 10.3 Å². The maximum Gasteiger partial charge on any atom is 0.330 e. The van der Waals surface area contributed by atoms with E-state index in [-0.39, 0.29) is 19.0 Å². The molecule has 1 aromatic rings. The standard InChI is InChI=1S/C10H18N4O4S.ClH/c1-7(5-11)14(4)19(17,18)8-6-12(2)10(16)13(3)9(8)15;/h6-7H,5,11H2,1-4H3;1H.